The summed E-state index contributed by atoms with van der Waals surface area (Å²) in [6.45, 7) is 10.4. The molecule has 1 amide bonds. The Morgan fingerprint density at radius 1 is 1.47 bits per heavy atom. The van der Waals surface area contributed by atoms with Gasteiger partial charge in [0.2, 0.25) is 5.91 Å². The number of rotatable bonds is 5. The lowest BCUT2D eigenvalue weighted by atomic mass is 9.96. The Morgan fingerprint density at radius 3 is 2.84 bits per heavy atom. The standard InChI is InChI=1S/C15H27N3O/c1-5-8-16-14(19)12-18-9-6-7-13(11-18)10-17-15(2,3)4/h1,13,17H,6-12H2,2-4H3,(H,16,19). The summed E-state index contributed by atoms with van der Waals surface area (Å²) in [5.41, 5.74) is 0.159. The molecule has 0 spiro atoms. The number of likely N-dealkylation sites (tertiary alicyclic amines) is 1. The number of carbonyl (C=O) groups excluding carboxylic acids is 1. The molecule has 1 aliphatic rings. The van der Waals surface area contributed by atoms with Crippen LogP contribution in [0.4, 0.5) is 0 Å². The van der Waals surface area contributed by atoms with Crippen LogP contribution in [0.2, 0.25) is 0 Å². The quantitative estimate of drug-likeness (QED) is 0.724. The third-order valence-corrected chi connectivity index (χ3v) is 3.28. The predicted molar refractivity (Wildman–Crippen MR) is 78.8 cm³/mol. The molecule has 1 fully saturated rings. The van der Waals surface area contributed by atoms with Crippen LogP contribution in [0.5, 0.6) is 0 Å². The van der Waals surface area contributed by atoms with E-state index in [1.165, 1.54) is 12.8 Å². The minimum atomic E-state index is 0.0300. The van der Waals surface area contributed by atoms with Crippen LogP contribution in [0.15, 0.2) is 0 Å². The first-order valence-electron chi connectivity index (χ1n) is 7.08. The summed E-state index contributed by atoms with van der Waals surface area (Å²) in [6.07, 6.45) is 7.53. The summed E-state index contributed by atoms with van der Waals surface area (Å²) in [7, 11) is 0. The average molecular weight is 265 g/mol. The number of carbonyl (C=O) groups is 1. The predicted octanol–water partition coefficient (Wildman–Crippen LogP) is 0.836. The number of piperidine rings is 1. The van der Waals surface area contributed by atoms with Crippen LogP contribution in [0, 0.1) is 18.3 Å². The lowest BCUT2D eigenvalue weighted by Gasteiger charge is -2.34. The van der Waals surface area contributed by atoms with Crippen LogP contribution in [-0.4, -0.2) is 49.1 Å². The molecule has 19 heavy (non-hydrogen) atoms. The average Bonchev–Trinajstić information content (AvgIpc) is 2.33. The maximum Gasteiger partial charge on any atom is 0.234 e. The molecular formula is C15H27N3O. The molecule has 1 unspecified atom stereocenters. The van der Waals surface area contributed by atoms with E-state index < -0.39 is 0 Å². The summed E-state index contributed by atoms with van der Waals surface area (Å²) in [5, 5.41) is 6.26. The van der Waals surface area contributed by atoms with Gasteiger partial charge in [-0.3, -0.25) is 9.69 Å². The Labute approximate surface area is 117 Å². The van der Waals surface area contributed by atoms with E-state index in [1.807, 2.05) is 0 Å². The van der Waals surface area contributed by atoms with Gasteiger partial charge in [-0.1, -0.05) is 5.92 Å². The van der Waals surface area contributed by atoms with Gasteiger partial charge >= 0.3 is 0 Å². The van der Waals surface area contributed by atoms with E-state index in [4.69, 9.17) is 6.42 Å². The van der Waals surface area contributed by atoms with Gasteiger partial charge in [0.1, 0.15) is 0 Å². The molecule has 1 rings (SSSR count). The highest BCUT2D eigenvalue weighted by Gasteiger charge is 2.22. The van der Waals surface area contributed by atoms with Crippen molar-refractivity contribution in [1.82, 2.24) is 15.5 Å². The summed E-state index contributed by atoms with van der Waals surface area (Å²) in [5.74, 6) is 3.08. The second kappa shape index (κ2) is 7.52. The first-order valence-corrected chi connectivity index (χ1v) is 7.08. The highest BCUT2D eigenvalue weighted by atomic mass is 16.2. The molecule has 0 aromatic carbocycles. The van der Waals surface area contributed by atoms with Crippen molar-refractivity contribution in [2.24, 2.45) is 5.92 Å². The molecule has 108 valence electrons. The topological polar surface area (TPSA) is 44.4 Å². The Bertz CT molecular complexity index is 327. The monoisotopic (exact) mass is 265 g/mol. The van der Waals surface area contributed by atoms with Gasteiger partial charge in [-0.15, -0.1) is 6.42 Å². The Hall–Kier alpha value is -1.05. The second-order valence-corrected chi connectivity index (χ2v) is 6.36. The van der Waals surface area contributed by atoms with E-state index in [2.05, 4.69) is 42.2 Å². The second-order valence-electron chi connectivity index (χ2n) is 6.36. The first kappa shape index (κ1) is 16.0. The van der Waals surface area contributed by atoms with Crippen LogP contribution >= 0.6 is 0 Å². The number of nitrogens with zero attached hydrogens (tertiary/aromatic N) is 1. The molecule has 0 bridgehead atoms. The molecule has 2 N–H and O–H groups in total. The highest BCUT2D eigenvalue weighted by Crippen LogP contribution is 2.16. The van der Waals surface area contributed by atoms with Crippen molar-refractivity contribution in [3.05, 3.63) is 0 Å². The molecule has 1 aliphatic heterocycles. The molecule has 1 heterocycles. The van der Waals surface area contributed by atoms with Gasteiger partial charge in [0, 0.05) is 12.1 Å². The van der Waals surface area contributed by atoms with Gasteiger partial charge < -0.3 is 10.6 Å². The summed E-state index contributed by atoms with van der Waals surface area (Å²) in [4.78, 5) is 13.9. The number of amides is 1. The maximum atomic E-state index is 11.6. The molecule has 0 aromatic heterocycles. The Morgan fingerprint density at radius 2 is 2.21 bits per heavy atom. The summed E-state index contributed by atoms with van der Waals surface area (Å²) >= 11 is 0. The zero-order valence-corrected chi connectivity index (χ0v) is 12.5. The molecule has 1 saturated heterocycles. The molecule has 4 heteroatoms. The molecule has 0 aromatic rings. The van der Waals surface area contributed by atoms with E-state index in [-0.39, 0.29) is 11.4 Å². The van der Waals surface area contributed by atoms with Gasteiger partial charge in [0.25, 0.3) is 0 Å². The van der Waals surface area contributed by atoms with Crippen molar-refractivity contribution in [1.29, 1.82) is 0 Å². The van der Waals surface area contributed by atoms with E-state index in [9.17, 15) is 4.79 Å². The molecule has 0 radical (unpaired) electrons. The fourth-order valence-corrected chi connectivity index (χ4v) is 2.32. The normalized spacial score (nSPS) is 20.8. The van der Waals surface area contributed by atoms with E-state index in [1.54, 1.807) is 0 Å². The van der Waals surface area contributed by atoms with Crippen molar-refractivity contribution in [3.8, 4) is 12.3 Å². The van der Waals surface area contributed by atoms with Crippen molar-refractivity contribution < 1.29 is 4.79 Å². The molecule has 0 aliphatic carbocycles. The Balaban J connectivity index is 2.30. The molecule has 0 saturated carbocycles. The number of terminal acetylenes is 1. The van der Waals surface area contributed by atoms with Crippen LogP contribution in [0.3, 0.4) is 0 Å². The van der Waals surface area contributed by atoms with Crippen LogP contribution in [0.25, 0.3) is 0 Å². The van der Waals surface area contributed by atoms with Crippen LogP contribution in [-0.2, 0) is 4.79 Å². The first-order chi connectivity index (χ1) is 8.90. The van der Waals surface area contributed by atoms with E-state index in [0.717, 1.165) is 19.6 Å². The fourth-order valence-electron chi connectivity index (χ4n) is 2.32. The van der Waals surface area contributed by atoms with Gasteiger partial charge in [0.15, 0.2) is 0 Å². The number of nitrogens with one attached hydrogen (secondary N) is 2. The minimum absolute atomic E-state index is 0.0300. The maximum absolute atomic E-state index is 11.6. The Kier molecular flexibility index (Phi) is 6.33. The SMILES string of the molecule is C#CCNC(=O)CN1CCCC(CNC(C)(C)C)C1. The third kappa shape index (κ3) is 7.19. The lowest BCUT2D eigenvalue weighted by Crippen LogP contribution is -2.47. The number of hydrogen-bond donors (Lipinski definition) is 2. The molecule has 4 nitrogen and oxygen atoms in total. The summed E-state index contributed by atoms with van der Waals surface area (Å²) < 4.78 is 0. The third-order valence-electron chi connectivity index (χ3n) is 3.28. The minimum Gasteiger partial charge on any atom is -0.344 e. The van der Waals surface area contributed by atoms with Crippen molar-refractivity contribution in [2.75, 3.05) is 32.7 Å². The number of hydrogen-bond acceptors (Lipinski definition) is 3. The van der Waals surface area contributed by atoms with Crippen molar-refractivity contribution in [2.45, 2.75) is 39.2 Å². The van der Waals surface area contributed by atoms with Gasteiger partial charge in [0.05, 0.1) is 13.1 Å². The van der Waals surface area contributed by atoms with Crippen molar-refractivity contribution >= 4 is 5.91 Å². The van der Waals surface area contributed by atoms with Crippen LogP contribution < -0.4 is 10.6 Å². The smallest absolute Gasteiger partial charge is 0.234 e. The van der Waals surface area contributed by atoms with Gasteiger partial charge in [-0.2, -0.15) is 0 Å². The van der Waals surface area contributed by atoms with Gasteiger partial charge in [-0.25, -0.2) is 0 Å². The fraction of sp³-hybridized carbons (Fsp3) is 0.800. The summed E-state index contributed by atoms with van der Waals surface area (Å²) in [6, 6.07) is 0. The molecular weight excluding hydrogens is 238 g/mol. The molecule has 1 atom stereocenters. The van der Waals surface area contributed by atoms with Gasteiger partial charge in [-0.05, 0) is 52.6 Å². The van der Waals surface area contributed by atoms with Crippen molar-refractivity contribution in [3.63, 3.8) is 0 Å². The lowest BCUT2D eigenvalue weighted by molar-refractivity contribution is -0.122. The van der Waals surface area contributed by atoms with Crippen LogP contribution in [0.1, 0.15) is 33.6 Å². The van der Waals surface area contributed by atoms with E-state index in [0.29, 0.717) is 19.0 Å². The zero-order valence-electron chi connectivity index (χ0n) is 12.5. The largest absolute Gasteiger partial charge is 0.344 e. The zero-order chi connectivity index (χ0) is 14.3. The van der Waals surface area contributed by atoms with E-state index >= 15 is 0 Å². The highest BCUT2D eigenvalue weighted by molar-refractivity contribution is 5.78.